The van der Waals surface area contributed by atoms with E-state index in [9.17, 15) is 15.2 Å². The van der Waals surface area contributed by atoms with E-state index in [1.165, 1.54) is 36.8 Å². The van der Waals surface area contributed by atoms with E-state index in [1.807, 2.05) is 43.3 Å². The van der Waals surface area contributed by atoms with E-state index in [1.54, 1.807) is 18.5 Å². The fraction of sp³-hybridized carbons (Fsp3) is 0.349. The number of hydrogen-bond donors (Lipinski definition) is 2. The lowest BCUT2D eigenvalue weighted by atomic mass is 9.93. The summed E-state index contributed by atoms with van der Waals surface area (Å²) in [4.78, 5) is 27.5. The minimum Gasteiger partial charge on any atom is -0.488 e. The average molecular weight is 777 g/mol. The van der Waals surface area contributed by atoms with E-state index in [-0.39, 0.29) is 25.2 Å². The third-order valence-electron chi connectivity index (χ3n) is 10.4. The van der Waals surface area contributed by atoms with Crippen LogP contribution in [0.5, 0.6) is 11.5 Å². The number of rotatable bonds is 13. The minimum absolute atomic E-state index is 0.244. The highest BCUT2D eigenvalue weighted by molar-refractivity contribution is 7.13. The fourth-order valence-corrected chi connectivity index (χ4v) is 8.37. The van der Waals surface area contributed by atoms with Crippen molar-refractivity contribution in [3.63, 3.8) is 0 Å². The van der Waals surface area contributed by atoms with E-state index in [2.05, 4.69) is 50.2 Å². The Morgan fingerprint density at radius 3 is 2.49 bits per heavy atom. The van der Waals surface area contributed by atoms with Gasteiger partial charge >= 0.3 is 0 Å². The lowest BCUT2D eigenvalue weighted by Crippen LogP contribution is -2.29. The maximum absolute atomic E-state index is 13.3. The van der Waals surface area contributed by atoms with E-state index < -0.39 is 0 Å². The van der Waals surface area contributed by atoms with Crippen LogP contribution < -0.4 is 14.8 Å². The molecular weight excluding hydrogens is 732 g/mol. The Morgan fingerprint density at radius 2 is 1.71 bits per heavy atom. The first kappa shape index (κ1) is 38.4. The van der Waals surface area contributed by atoms with Crippen LogP contribution in [0.2, 0.25) is 5.02 Å². The number of carbonyl (C=O) groups is 1. The molecule has 0 aliphatic carbocycles. The molecule has 55 heavy (non-hydrogen) atoms. The highest BCUT2D eigenvalue weighted by Crippen LogP contribution is 2.37. The molecule has 0 spiro atoms. The standard InChI is InChI=1S/C43H45ClN6O4S/c1-28-32(27-54-41-18-40(53-26-31-16-30(19-45)20-46-21-31)33(17-38(41)44)23-49-13-4-3-5-14-49)8-6-9-36(28)37-10-7-11-39(29(37)2)48-42(52)43-47-22-35(55-43)25-50-15-12-34(51)24-50/h6-11,16-18,20-22,34,51H,3-5,12-15,23-27H2,1-2H3,(H,48,52)/t34-/m1/s1. The summed E-state index contributed by atoms with van der Waals surface area (Å²) >= 11 is 8.27. The number of aromatic nitrogens is 2. The molecule has 2 saturated heterocycles. The van der Waals surface area contributed by atoms with Gasteiger partial charge in [0.15, 0.2) is 5.01 Å². The van der Waals surface area contributed by atoms with Crippen molar-refractivity contribution in [3.8, 4) is 28.7 Å². The predicted octanol–water partition coefficient (Wildman–Crippen LogP) is 8.31. The summed E-state index contributed by atoms with van der Waals surface area (Å²) in [7, 11) is 0. The Morgan fingerprint density at radius 1 is 0.927 bits per heavy atom. The number of benzene rings is 3. The number of likely N-dealkylation sites (tertiary alicyclic amines) is 2. The zero-order valence-corrected chi connectivity index (χ0v) is 32.8. The van der Waals surface area contributed by atoms with Crippen LogP contribution in [-0.4, -0.2) is 63.1 Å². The SMILES string of the molecule is Cc1c(COc2cc(OCc3cncc(C#N)c3)c(CN3CCCCC3)cc2Cl)cccc1-c1cccc(NC(=O)c2ncc(CN3CC[C@@H](O)C3)s2)c1C. The molecule has 284 valence electrons. The van der Waals surface area contributed by atoms with Crippen molar-refractivity contribution in [2.75, 3.05) is 31.5 Å². The molecule has 0 bridgehead atoms. The van der Waals surface area contributed by atoms with Crippen LogP contribution in [0.1, 0.15) is 73.7 Å². The van der Waals surface area contributed by atoms with Crippen molar-refractivity contribution < 1.29 is 19.4 Å². The number of amides is 1. The molecular formula is C43H45ClN6O4S. The van der Waals surface area contributed by atoms with Crippen molar-refractivity contribution in [1.82, 2.24) is 19.8 Å². The summed E-state index contributed by atoms with van der Waals surface area (Å²) in [5, 5.41) is 23.2. The zero-order chi connectivity index (χ0) is 38.3. The van der Waals surface area contributed by atoms with Crippen molar-refractivity contribution >= 4 is 34.5 Å². The molecule has 4 heterocycles. The number of pyridine rings is 1. The van der Waals surface area contributed by atoms with Crippen LogP contribution in [0.4, 0.5) is 5.69 Å². The van der Waals surface area contributed by atoms with Gasteiger partial charge in [0.25, 0.3) is 5.91 Å². The van der Waals surface area contributed by atoms with Crippen molar-refractivity contribution in [3.05, 3.63) is 121 Å². The van der Waals surface area contributed by atoms with Crippen LogP contribution in [0.15, 0.2) is 73.2 Å². The number of halogens is 1. The second-order valence-electron chi connectivity index (χ2n) is 14.3. The second kappa shape index (κ2) is 17.8. The van der Waals surface area contributed by atoms with Crippen molar-refractivity contribution in [2.24, 2.45) is 0 Å². The van der Waals surface area contributed by atoms with E-state index in [0.717, 1.165) is 82.1 Å². The molecule has 12 heteroatoms. The Hall–Kier alpha value is -4.83. The van der Waals surface area contributed by atoms with E-state index in [4.69, 9.17) is 21.1 Å². The third kappa shape index (κ3) is 9.53. The molecule has 7 rings (SSSR count). The Balaban J connectivity index is 1.06. The lowest BCUT2D eigenvalue weighted by Gasteiger charge is -2.27. The first-order chi connectivity index (χ1) is 26.7. The molecule has 2 aliphatic heterocycles. The number of nitriles is 1. The number of carbonyl (C=O) groups excluding carboxylic acids is 1. The van der Waals surface area contributed by atoms with Crippen LogP contribution in [0.3, 0.4) is 0 Å². The molecule has 2 fully saturated rings. The number of anilines is 1. The molecule has 0 unspecified atom stereocenters. The van der Waals surface area contributed by atoms with Gasteiger partial charge in [-0.3, -0.25) is 19.6 Å². The molecule has 0 saturated carbocycles. The maximum Gasteiger partial charge on any atom is 0.284 e. The van der Waals surface area contributed by atoms with Gasteiger partial charge in [0.1, 0.15) is 30.8 Å². The van der Waals surface area contributed by atoms with Gasteiger partial charge < -0.3 is 19.9 Å². The van der Waals surface area contributed by atoms with Crippen LogP contribution in [-0.2, 0) is 26.3 Å². The third-order valence-corrected chi connectivity index (χ3v) is 11.6. The minimum atomic E-state index is -0.286. The van der Waals surface area contributed by atoms with Crippen LogP contribution in [0.25, 0.3) is 11.1 Å². The van der Waals surface area contributed by atoms with Gasteiger partial charge in [-0.15, -0.1) is 11.3 Å². The van der Waals surface area contributed by atoms with Crippen molar-refractivity contribution in [1.29, 1.82) is 5.26 Å². The summed E-state index contributed by atoms with van der Waals surface area (Å²) in [5.74, 6) is 0.969. The average Bonchev–Trinajstić information content (AvgIpc) is 3.84. The molecule has 1 atom stereocenters. The highest BCUT2D eigenvalue weighted by atomic mass is 35.5. The second-order valence-corrected chi connectivity index (χ2v) is 15.9. The van der Waals surface area contributed by atoms with E-state index in [0.29, 0.717) is 40.2 Å². The quantitative estimate of drug-likeness (QED) is 0.122. The topological polar surface area (TPSA) is 124 Å². The first-order valence-corrected chi connectivity index (χ1v) is 19.9. The molecule has 0 radical (unpaired) electrons. The highest BCUT2D eigenvalue weighted by Gasteiger charge is 2.22. The van der Waals surface area contributed by atoms with Gasteiger partial charge in [0.05, 0.1) is 16.7 Å². The number of thiazole rings is 1. The number of nitrogens with zero attached hydrogens (tertiary/aromatic N) is 5. The summed E-state index contributed by atoms with van der Waals surface area (Å²) in [5.41, 5.74) is 8.06. The number of nitrogens with one attached hydrogen (secondary N) is 1. The largest absolute Gasteiger partial charge is 0.488 e. The molecule has 2 aliphatic rings. The summed E-state index contributed by atoms with van der Waals surface area (Å²) < 4.78 is 12.8. The Kier molecular flexibility index (Phi) is 12.4. The number of aliphatic hydroxyl groups is 1. The molecule has 2 aromatic heterocycles. The summed E-state index contributed by atoms with van der Waals surface area (Å²) in [6.07, 6.45) is 9.09. The zero-order valence-electron chi connectivity index (χ0n) is 31.2. The number of piperidine rings is 1. The number of ether oxygens (including phenoxy) is 2. The molecule has 5 aromatic rings. The summed E-state index contributed by atoms with van der Waals surface area (Å²) in [6.45, 7) is 9.60. The monoisotopic (exact) mass is 776 g/mol. The molecule has 10 nitrogen and oxygen atoms in total. The van der Waals surface area contributed by atoms with Gasteiger partial charge in [-0.25, -0.2) is 4.98 Å². The number of hydrogen-bond acceptors (Lipinski definition) is 10. The van der Waals surface area contributed by atoms with E-state index >= 15 is 0 Å². The molecule has 1 amide bonds. The maximum atomic E-state index is 13.3. The fourth-order valence-electron chi connectivity index (χ4n) is 7.28. The first-order valence-electron chi connectivity index (χ1n) is 18.7. The smallest absolute Gasteiger partial charge is 0.284 e. The van der Waals surface area contributed by atoms with Gasteiger partial charge in [0.2, 0.25) is 0 Å². The summed E-state index contributed by atoms with van der Waals surface area (Å²) in [6, 6.07) is 19.8. The van der Waals surface area contributed by atoms with Crippen LogP contribution >= 0.6 is 22.9 Å². The number of β-amino-alcohol motifs (C(OH)–C–C–N with tert-alkyl or cyclic N) is 1. The predicted molar refractivity (Wildman–Crippen MR) is 216 cm³/mol. The van der Waals surface area contributed by atoms with Crippen LogP contribution in [0, 0.1) is 25.2 Å². The molecule has 3 aromatic carbocycles. The number of aliphatic hydroxyl groups excluding tert-OH is 1. The van der Waals surface area contributed by atoms with Gasteiger partial charge in [-0.05, 0) is 92.2 Å². The Bertz CT molecular complexity index is 2200. The van der Waals surface area contributed by atoms with Gasteiger partial charge in [-0.1, -0.05) is 48.4 Å². The van der Waals surface area contributed by atoms with Gasteiger partial charge in [0, 0.05) is 72.5 Å². The normalized spacial score (nSPS) is 16.2. The van der Waals surface area contributed by atoms with Crippen molar-refractivity contribution in [2.45, 2.75) is 71.9 Å². The lowest BCUT2D eigenvalue weighted by molar-refractivity contribution is 0.102. The van der Waals surface area contributed by atoms with Gasteiger partial charge in [-0.2, -0.15) is 5.26 Å². The molecule has 2 N–H and O–H groups in total. The Labute approximate surface area is 331 Å².